The summed E-state index contributed by atoms with van der Waals surface area (Å²) in [5.74, 6) is 2.85. The van der Waals surface area contributed by atoms with E-state index in [-0.39, 0.29) is 11.0 Å². The Morgan fingerprint density at radius 2 is 1.84 bits per heavy atom. The monoisotopic (exact) mass is 358 g/mol. The van der Waals surface area contributed by atoms with E-state index in [2.05, 4.69) is 36.1 Å². The summed E-state index contributed by atoms with van der Waals surface area (Å²) in [6, 6.07) is 8.63. The molecule has 1 aromatic rings. The van der Waals surface area contributed by atoms with Crippen molar-refractivity contribution in [3.8, 4) is 0 Å². The van der Waals surface area contributed by atoms with Gasteiger partial charge in [0, 0.05) is 29.9 Å². The topological polar surface area (TPSA) is 24.8 Å². The van der Waals surface area contributed by atoms with Crippen LogP contribution in [0, 0.1) is 11.8 Å². The van der Waals surface area contributed by atoms with Crippen molar-refractivity contribution in [2.75, 3.05) is 26.3 Å². The van der Waals surface area contributed by atoms with E-state index in [9.17, 15) is 0 Å². The lowest BCUT2D eigenvalue weighted by Gasteiger charge is -2.48. The van der Waals surface area contributed by atoms with Crippen LogP contribution in [0.4, 0.5) is 0 Å². The number of halogens is 1. The van der Waals surface area contributed by atoms with E-state index in [0.29, 0.717) is 0 Å². The zero-order valence-corrected chi connectivity index (χ0v) is 15.8. The fourth-order valence-corrected chi connectivity index (χ4v) is 6.49. The number of benzene rings is 1. The van der Waals surface area contributed by atoms with Gasteiger partial charge in [0.05, 0.1) is 24.6 Å². The molecule has 25 heavy (non-hydrogen) atoms. The maximum Gasteiger partial charge on any atom is 0.0998 e. The Morgan fingerprint density at radius 3 is 2.60 bits per heavy atom. The largest absolute Gasteiger partial charge is 0.378 e. The van der Waals surface area contributed by atoms with E-state index in [4.69, 9.17) is 21.3 Å². The molecule has 2 bridgehead atoms. The number of hydrogen-bond donors (Lipinski definition) is 0. The van der Waals surface area contributed by atoms with Gasteiger partial charge in [-0.25, -0.2) is 0 Å². The Kier molecular flexibility index (Phi) is 3.69. The Labute approximate surface area is 155 Å². The van der Waals surface area contributed by atoms with E-state index in [1.165, 1.54) is 37.1 Å². The molecule has 4 unspecified atom stereocenters. The Balaban J connectivity index is 1.56. The minimum atomic E-state index is 0.0946. The number of ether oxygens (including phenoxy) is 1. The summed E-state index contributed by atoms with van der Waals surface area (Å²) in [4.78, 5) is 8.01. The highest BCUT2D eigenvalue weighted by Crippen LogP contribution is 2.66. The number of morpholine rings is 1. The quantitative estimate of drug-likeness (QED) is 0.748. The number of aliphatic imine (C=N–C) groups is 1. The second-order valence-corrected chi connectivity index (χ2v) is 8.90. The summed E-state index contributed by atoms with van der Waals surface area (Å²) in [6.07, 6.45) is 6.40. The van der Waals surface area contributed by atoms with Crippen molar-refractivity contribution in [2.45, 2.75) is 50.0 Å². The fourth-order valence-electron chi connectivity index (χ4n) is 6.36. The lowest BCUT2D eigenvalue weighted by atomic mass is 9.58. The third-order valence-electron chi connectivity index (χ3n) is 7.70. The number of rotatable bonds is 1. The van der Waals surface area contributed by atoms with Crippen LogP contribution in [-0.4, -0.2) is 42.6 Å². The van der Waals surface area contributed by atoms with Crippen molar-refractivity contribution in [1.29, 1.82) is 0 Å². The number of amidine groups is 1. The van der Waals surface area contributed by atoms with Crippen molar-refractivity contribution >= 4 is 17.4 Å². The first-order valence-corrected chi connectivity index (χ1v) is 10.2. The van der Waals surface area contributed by atoms with Gasteiger partial charge in [-0.3, -0.25) is 4.99 Å². The summed E-state index contributed by atoms with van der Waals surface area (Å²) in [7, 11) is 0. The first-order chi connectivity index (χ1) is 12.1. The smallest absolute Gasteiger partial charge is 0.0998 e. The molecule has 0 amide bonds. The van der Waals surface area contributed by atoms with Crippen molar-refractivity contribution in [1.82, 2.24) is 4.90 Å². The summed E-state index contributed by atoms with van der Waals surface area (Å²) < 4.78 is 5.54. The third-order valence-corrected chi connectivity index (χ3v) is 7.95. The van der Waals surface area contributed by atoms with E-state index in [1.807, 2.05) is 0 Å². The Morgan fingerprint density at radius 1 is 1.12 bits per heavy atom. The zero-order valence-electron chi connectivity index (χ0n) is 15.0. The van der Waals surface area contributed by atoms with Gasteiger partial charge < -0.3 is 9.64 Å². The van der Waals surface area contributed by atoms with E-state index in [0.717, 1.165) is 49.6 Å². The van der Waals surface area contributed by atoms with Gasteiger partial charge in [-0.15, -0.1) is 0 Å². The predicted molar refractivity (Wildman–Crippen MR) is 101 cm³/mol. The van der Waals surface area contributed by atoms with Gasteiger partial charge in [0.2, 0.25) is 0 Å². The normalized spacial score (nSPS) is 40.1. The van der Waals surface area contributed by atoms with Gasteiger partial charge in [0.15, 0.2) is 0 Å². The highest BCUT2D eigenvalue weighted by molar-refractivity contribution is 6.30. The predicted octanol–water partition coefficient (Wildman–Crippen LogP) is 4.29. The number of hydrogen-bond acceptors (Lipinski definition) is 3. The SMILES string of the molecule is CC1(c2ccc(Cl)cc2)C2CCC(C2)C12CCC(N1CCOCC1)=N2. The van der Waals surface area contributed by atoms with Gasteiger partial charge in [0.1, 0.15) is 0 Å². The van der Waals surface area contributed by atoms with Crippen LogP contribution in [0.3, 0.4) is 0 Å². The van der Waals surface area contributed by atoms with Crippen molar-refractivity contribution in [2.24, 2.45) is 16.8 Å². The summed E-state index contributed by atoms with van der Waals surface area (Å²) in [5.41, 5.74) is 1.68. The fraction of sp³-hybridized carbons (Fsp3) is 0.667. The highest BCUT2D eigenvalue weighted by Gasteiger charge is 2.67. The molecule has 5 rings (SSSR count). The van der Waals surface area contributed by atoms with Crippen molar-refractivity contribution in [3.63, 3.8) is 0 Å². The molecule has 2 heterocycles. The molecule has 1 saturated heterocycles. The molecule has 1 aromatic carbocycles. The number of fused-ring (bicyclic) bond motifs is 3. The molecule has 0 radical (unpaired) electrons. The second kappa shape index (κ2) is 5.72. The van der Waals surface area contributed by atoms with Gasteiger partial charge >= 0.3 is 0 Å². The molecule has 2 saturated carbocycles. The average molecular weight is 359 g/mol. The van der Waals surface area contributed by atoms with Gasteiger partial charge in [-0.1, -0.05) is 30.7 Å². The van der Waals surface area contributed by atoms with Crippen LogP contribution >= 0.6 is 11.6 Å². The minimum Gasteiger partial charge on any atom is -0.378 e. The molecule has 134 valence electrons. The molecule has 2 aliphatic carbocycles. The van der Waals surface area contributed by atoms with Gasteiger partial charge in [0.25, 0.3) is 0 Å². The maximum absolute atomic E-state index is 6.17. The molecule has 0 N–H and O–H groups in total. The van der Waals surface area contributed by atoms with Crippen LogP contribution in [0.2, 0.25) is 5.02 Å². The van der Waals surface area contributed by atoms with Gasteiger partial charge in [-0.2, -0.15) is 0 Å². The lowest BCUT2D eigenvalue weighted by molar-refractivity contribution is 0.0673. The first-order valence-electron chi connectivity index (χ1n) is 9.81. The molecule has 4 atom stereocenters. The van der Waals surface area contributed by atoms with Crippen LogP contribution in [0.25, 0.3) is 0 Å². The standard InChI is InChI=1S/C21H27ClN2O/c1-20(15-4-6-18(22)7-5-15)16-2-3-17(14-16)21(20)9-8-19(23-21)24-10-12-25-13-11-24/h4-7,16-17H,2-3,8-14H2,1H3. The van der Waals surface area contributed by atoms with E-state index < -0.39 is 0 Å². The molecular formula is C21H27ClN2O. The van der Waals surface area contributed by atoms with Crippen LogP contribution in [0.5, 0.6) is 0 Å². The summed E-state index contributed by atoms with van der Waals surface area (Å²) >= 11 is 6.17. The van der Waals surface area contributed by atoms with Crippen molar-refractivity contribution in [3.05, 3.63) is 34.9 Å². The Hall–Kier alpha value is -1.06. The highest BCUT2D eigenvalue weighted by atomic mass is 35.5. The molecule has 0 aromatic heterocycles. The molecule has 4 heteroatoms. The average Bonchev–Trinajstić information content (AvgIpc) is 3.35. The van der Waals surface area contributed by atoms with Crippen LogP contribution in [0.1, 0.15) is 44.6 Å². The van der Waals surface area contributed by atoms with Crippen molar-refractivity contribution < 1.29 is 4.74 Å². The molecule has 1 spiro atoms. The minimum absolute atomic E-state index is 0.0946. The second-order valence-electron chi connectivity index (χ2n) is 8.47. The molecule has 3 fully saturated rings. The summed E-state index contributed by atoms with van der Waals surface area (Å²) in [6.45, 7) is 6.17. The number of nitrogens with zero attached hydrogens (tertiary/aromatic N) is 2. The van der Waals surface area contributed by atoms with E-state index >= 15 is 0 Å². The first kappa shape index (κ1) is 16.1. The van der Waals surface area contributed by atoms with Gasteiger partial charge in [-0.05, 0) is 55.2 Å². The third kappa shape index (κ3) is 2.18. The Bertz CT molecular complexity index is 696. The lowest BCUT2D eigenvalue weighted by Crippen LogP contribution is -2.51. The zero-order chi connectivity index (χ0) is 17.1. The molecule has 3 nitrogen and oxygen atoms in total. The molecular weight excluding hydrogens is 332 g/mol. The maximum atomic E-state index is 6.17. The molecule has 4 aliphatic rings. The van der Waals surface area contributed by atoms with E-state index in [1.54, 1.807) is 0 Å². The van der Waals surface area contributed by atoms with Crippen LogP contribution in [0.15, 0.2) is 29.3 Å². The molecule has 2 aliphatic heterocycles. The van der Waals surface area contributed by atoms with Crippen LogP contribution < -0.4 is 0 Å². The summed E-state index contributed by atoms with van der Waals surface area (Å²) in [5, 5.41) is 0.827. The van der Waals surface area contributed by atoms with Crippen LogP contribution in [-0.2, 0) is 10.2 Å².